The standard InChI is InChI=1S/C34H38N2O6/c1-22-14-15-23(2)25(20-22)35-18-11-17-34-27(28-32(40)41-19-10-5-4-9-16-33(28,3)42-34)30(38)36(29(34)31(35)39)26(21-37)24-12-7-6-8-13-24/h6-9,11-17,20,26-29,37H,4-5,10,18-19,21H2,1-3H3/b16-9-/t26-,27+,28-,29?,33+,34+/m1/s1. The molecule has 4 heterocycles. The van der Waals surface area contributed by atoms with Gasteiger partial charge in [0.15, 0.2) is 0 Å². The number of anilines is 1. The second kappa shape index (κ2) is 10.8. The molecule has 1 spiro atoms. The van der Waals surface area contributed by atoms with Crippen LogP contribution in [0.15, 0.2) is 72.8 Å². The molecule has 1 N–H and O–H groups in total. The van der Waals surface area contributed by atoms with Crippen molar-refractivity contribution >= 4 is 23.5 Å². The maximum absolute atomic E-state index is 14.9. The summed E-state index contributed by atoms with van der Waals surface area (Å²) in [6.45, 7) is 5.87. The van der Waals surface area contributed by atoms with Crippen LogP contribution >= 0.6 is 0 Å². The molecule has 8 nitrogen and oxygen atoms in total. The summed E-state index contributed by atoms with van der Waals surface area (Å²) in [7, 11) is 0. The summed E-state index contributed by atoms with van der Waals surface area (Å²) in [5.74, 6) is -3.20. The van der Waals surface area contributed by atoms with E-state index in [4.69, 9.17) is 9.47 Å². The molecule has 0 aliphatic carbocycles. The first-order chi connectivity index (χ1) is 20.2. The largest absolute Gasteiger partial charge is 0.465 e. The lowest BCUT2D eigenvalue weighted by Crippen LogP contribution is -2.57. The lowest BCUT2D eigenvalue weighted by molar-refractivity contribution is -0.160. The second-order valence-corrected chi connectivity index (χ2v) is 12.1. The van der Waals surface area contributed by atoms with Gasteiger partial charge in [-0.25, -0.2) is 0 Å². The van der Waals surface area contributed by atoms with Crippen molar-refractivity contribution in [1.29, 1.82) is 0 Å². The zero-order chi connectivity index (χ0) is 29.6. The average molecular weight is 571 g/mol. The van der Waals surface area contributed by atoms with Crippen LogP contribution in [0.4, 0.5) is 5.69 Å². The monoisotopic (exact) mass is 570 g/mol. The molecule has 6 rings (SSSR count). The van der Waals surface area contributed by atoms with E-state index in [1.807, 2.05) is 93.6 Å². The van der Waals surface area contributed by atoms with Gasteiger partial charge in [-0.2, -0.15) is 0 Å². The first kappa shape index (κ1) is 28.4. The molecule has 8 heteroatoms. The highest BCUT2D eigenvalue weighted by Crippen LogP contribution is 2.58. The summed E-state index contributed by atoms with van der Waals surface area (Å²) in [4.78, 5) is 46.5. The summed E-state index contributed by atoms with van der Waals surface area (Å²) < 4.78 is 12.6. The zero-order valence-corrected chi connectivity index (χ0v) is 24.4. The van der Waals surface area contributed by atoms with Gasteiger partial charge < -0.3 is 24.4 Å². The number of cyclic esters (lactones) is 1. The Morgan fingerprint density at radius 3 is 2.52 bits per heavy atom. The number of aryl methyl sites for hydroxylation is 2. The molecule has 2 aromatic rings. The van der Waals surface area contributed by atoms with Gasteiger partial charge in [-0.1, -0.05) is 66.8 Å². The van der Waals surface area contributed by atoms with Crippen LogP contribution in [-0.4, -0.2) is 64.8 Å². The number of fused-ring (bicyclic) bond motifs is 2. The number of esters is 1. The van der Waals surface area contributed by atoms with Crippen molar-refractivity contribution in [2.45, 2.75) is 63.3 Å². The van der Waals surface area contributed by atoms with Crippen LogP contribution in [0.25, 0.3) is 0 Å². The molecule has 0 aromatic heterocycles. The van der Waals surface area contributed by atoms with Crippen molar-refractivity contribution in [1.82, 2.24) is 4.90 Å². The Bertz CT molecular complexity index is 1450. The van der Waals surface area contributed by atoms with E-state index >= 15 is 0 Å². The first-order valence-electron chi connectivity index (χ1n) is 14.8. The number of carbonyl (C=O) groups is 3. The minimum Gasteiger partial charge on any atom is -0.465 e. The minimum atomic E-state index is -1.44. The fourth-order valence-corrected chi connectivity index (χ4v) is 7.33. The van der Waals surface area contributed by atoms with E-state index in [1.165, 1.54) is 4.90 Å². The third-order valence-electron chi connectivity index (χ3n) is 9.29. The van der Waals surface area contributed by atoms with Gasteiger partial charge in [0.05, 0.1) is 30.8 Å². The lowest BCUT2D eigenvalue weighted by atomic mass is 9.74. The van der Waals surface area contributed by atoms with E-state index in [9.17, 15) is 19.5 Å². The number of carbonyl (C=O) groups excluding carboxylic acids is 3. The average Bonchev–Trinajstić information content (AvgIpc) is 3.30. The van der Waals surface area contributed by atoms with E-state index in [0.29, 0.717) is 5.56 Å². The van der Waals surface area contributed by atoms with Crippen LogP contribution in [0.5, 0.6) is 0 Å². The minimum absolute atomic E-state index is 0.263. The quantitative estimate of drug-likeness (QED) is 0.438. The van der Waals surface area contributed by atoms with Crippen molar-refractivity contribution in [3.63, 3.8) is 0 Å². The first-order valence-corrected chi connectivity index (χ1v) is 14.8. The molecule has 1 unspecified atom stereocenters. The van der Waals surface area contributed by atoms with E-state index < -0.39 is 53.6 Å². The van der Waals surface area contributed by atoms with Crippen LogP contribution < -0.4 is 4.90 Å². The number of nitrogens with zero attached hydrogens (tertiary/aromatic N) is 2. The molecule has 2 amide bonds. The SMILES string of the molecule is Cc1ccc(C)c(N2CC=C[C@]34O[C@@]5(C)/C=C\CCCCOC(=O)[C@H]5[C@H]3C(=O)N([C@H](CO)c3ccccc3)C4C2=O)c1. The molecule has 2 saturated heterocycles. The van der Waals surface area contributed by atoms with Gasteiger partial charge in [0.25, 0.3) is 5.91 Å². The molecular weight excluding hydrogens is 532 g/mol. The lowest BCUT2D eigenvalue weighted by Gasteiger charge is -2.40. The molecule has 2 aromatic carbocycles. The smallest absolute Gasteiger partial charge is 0.313 e. The summed E-state index contributed by atoms with van der Waals surface area (Å²) >= 11 is 0. The van der Waals surface area contributed by atoms with E-state index in [1.54, 1.807) is 4.90 Å². The van der Waals surface area contributed by atoms with Crippen LogP contribution in [-0.2, 0) is 23.9 Å². The number of hydrogen-bond acceptors (Lipinski definition) is 6. The predicted octanol–water partition coefficient (Wildman–Crippen LogP) is 4.19. The van der Waals surface area contributed by atoms with Crippen molar-refractivity contribution < 1.29 is 29.0 Å². The van der Waals surface area contributed by atoms with E-state index in [-0.39, 0.29) is 19.1 Å². The Labute approximate surface area is 246 Å². The van der Waals surface area contributed by atoms with Crippen LogP contribution in [0.3, 0.4) is 0 Å². The number of ether oxygens (including phenoxy) is 2. The molecule has 42 heavy (non-hydrogen) atoms. The van der Waals surface area contributed by atoms with Crippen molar-refractivity contribution in [3.05, 3.63) is 89.5 Å². The Kier molecular flexibility index (Phi) is 7.31. The van der Waals surface area contributed by atoms with Crippen LogP contribution in [0, 0.1) is 25.7 Å². The predicted molar refractivity (Wildman–Crippen MR) is 157 cm³/mol. The molecule has 0 bridgehead atoms. The van der Waals surface area contributed by atoms with Gasteiger partial charge in [0.2, 0.25) is 5.91 Å². The summed E-state index contributed by atoms with van der Waals surface area (Å²) in [6, 6.07) is 13.2. The maximum atomic E-state index is 14.9. The van der Waals surface area contributed by atoms with Crippen LogP contribution in [0.2, 0.25) is 0 Å². The highest BCUT2D eigenvalue weighted by Gasteiger charge is 2.75. The molecule has 0 radical (unpaired) electrons. The Morgan fingerprint density at radius 2 is 1.76 bits per heavy atom. The number of aliphatic hydroxyl groups excluding tert-OH is 1. The molecule has 6 atom stereocenters. The number of benzene rings is 2. The molecule has 2 fully saturated rings. The second-order valence-electron chi connectivity index (χ2n) is 12.1. The number of rotatable bonds is 4. The van der Waals surface area contributed by atoms with Crippen molar-refractivity contribution in [2.75, 3.05) is 24.7 Å². The normalized spacial score (nSPS) is 32.5. The van der Waals surface area contributed by atoms with Crippen molar-refractivity contribution in [3.8, 4) is 0 Å². The molecular formula is C34H38N2O6. The van der Waals surface area contributed by atoms with Crippen LogP contribution in [0.1, 0.15) is 48.9 Å². The van der Waals surface area contributed by atoms with Gasteiger partial charge >= 0.3 is 5.97 Å². The number of aliphatic hydroxyl groups is 1. The summed E-state index contributed by atoms with van der Waals surface area (Å²) in [6.07, 6.45) is 9.96. The third kappa shape index (κ3) is 4.39. The number of hydrogen-bond donors (Lipinski definition) is 1. The van der Waals surface area contributed by atoms with E-state index in [0.717, 1.165) is 36.1 Å². The highest BCUT2D eigenvalue weighted by atomic mass is 16.6. The Hall–Kier alpha value is -3.75. The Morgan fingerprint density at radius 1 is 0.976 bits per heavy atom. The topological polar surface area (TPSA) is 96.4 Å². The fraction of sp³-hybridized carbons (Fsp3) is 0.441. The highest BCUT2D eigenvalue weighted by molar-refractivity contribution is 6.06. The fourth-order valence-electron chi connectivity index (χ4n) is 7.33. The molecule has 4 aliphatic heterocycles. The van der Waals surface area contributed by atoms with Gasteiger partial charge in [-0.3, -0.25) is 14.4 Å². The van der Waals surface area contributed by atoms with E-state index in [2.05, 4.69) is 0 Å². The number of allylic oxidation sites excluding steroid dienone is 1. The van der Waals surface area contributed by atoms with Gasteiger partial charge in [-0.15, -0.1) is 0 Å². The van der Waals surface area contributed by atoms with Gasteiger partial charge in [0.1, 0.15) is 17.6 Å². The Balaban J connectivity index is 1.55. The summed E-state index contributed by atoms with van der Waals surface area (Å²) in [5, 5.41) is 10.7. The van der Waals surface area contributed by atoms with Gasteiger partial charge in [-0.05, 0) is 62.8 Å². The van der Waals surface area contributed by atoms with Crippen molar-refractivity contribution in [2.24, 2.45) is 11.8 Å². The number of likely N-dealkylation sites (tertiary alicyclic amines) is 1. The zero-order valence-electron chi connectivity index (χ0n) is 24.4. The third-order valence-corrected chi connectivity index (χ3v) is 9.29. The summed E-state index contributed by atoms with van der Waals surface area (Å²) in [5.41, 5.74) is 0.759. The van der Waals surface area contributed by atoms with Gasteiger partial charge in [0, 0.05) is 12.2 Å². The molecule has 220 valence electrons. The molecule has 0 saturated carbocycles. The number of amides is 2. The molecule has 4 aliphatic rings. The maximum Gasteiger partial charge on any atom is 0.313 e.